The number of hydrogen-bond donors (Lipinski definition) is 2. The van der Waals surface area contributed by atoms with E-state index in [1.807, 2.05) is 29.6 Å². The Morgan fingerprint density at radius 3 is 2.97 bits per heavy atom. The number of hydrogen-bond acceptors (Lipinski definition) is 8. The molecule has 0 amide bonds. The molecule has 0 radical (unpaired) electrons. The van der Waals surface area contributed by atoms with Gasteiger partial charge in [-0.15, -0.1) is 11.3 Å². The second kappa shape index (κ2) is 11.5. The van der Waals surface area contributed by atoms with Gasteiger partial charge >= 0.3 is 0 Å². The van der Waals surface area contributed by atoms with Crippen LogP contribution in [0, 0.1) is 0 Å². The van der Waals surface area contributed by atoms with Gasteiger partial charge in [-0.05, 0) is 17.7 Å². The van der Waals surface area contributed by atoms with Gasteiger partial charge in [-0.3, -0.25) is 14.6 Å². The minimum atomic E-state index is -0.522. The van der Waals surface area contributed by atoms with Gasteiger partial charge in [-0.2, -0.15) is 0 Å². The van der Waals surface area contributed by atoms with Crippen molar-refractivity contribution in [2.24, 2.45) is 0 Å². The summed E-state index contributed by atoms with van der Waals surface area (Å²) in [5, 5.41) is 13.8. The number of ether oxygens (including phenoxy) is 2. The number of H-pyrrole nitrogens is 1. The SMILES string of the molecule is COCCN(Cc1nc2scc(-c3cccc(Cl)c3)c2c(=O)[nH]1)CC(O)CN1CCOCC1. The molecule has 0 bridgehead atoms. The van der Waals surface area contributed by atoms with Crippen LogP contribution in [0.15, 0.2) is 34.4 Å². The molecule has 1 aliphatic rings. The van der Waals surface area contributed by atoms with E-state index in [0.717, 1.165) is 24.2 Å². The van der Waals surface area contributed by atoms with Crippen LogP contribution < -0.4 is 5.56 Å². The smallest absolute Gasteiger partial charge is 0.260 e. The minimum absolute atomic E-state index is 0.174. The largest absolute Gasteiger partial charge is 0.390 e. The molecular formula is C23H29ClN4O4S. The lowest BCUT2D eigenvalue weighted by Crippen LogP contribution is -2.45. The van der Waals surface area contributed by atoms with E-state index in [1.54, 1.807) is 7.11 Å². The van der Waals surface area contributed by atoms with E-state index in [4.69, 9.17) is 26.1 Å². The molecule has 1 atom stereocenters. The van der Waals surface area contributed by atoms with E-state index in [2.05, 4.69) is 14.8 Å². The fraction of sp³-hybridized carbons (Fsp3) is 0.478. The first kappa shape index (κ1) is 24.3. The third-order valence-corrected chi connectivity index (χ3v) is 6.76. The Morgan fingerprint density at radius 1 is 1.39 bits per heavy atom. The number of aliphatic hydroxyl groups is 1. The van der Waals surface area contributed by atoms with Gasteiger partial charge in [0.15, 0.2) is 0 Å². The molecule has 2 aromatic heterocycles. The van der Waals surface area contributed by atoms with Crippen molar-refractivity contribution in [3.8, 4) is 11.1 Å². The van der Waals surface area contributed by atoms with Crippen molar-refractivity contribution in [2.75, 3.05) is 59.7 Å². The van der Waals surface area contributed by atoms with Crippen molar-refractivity contribution in [1.29, 1.82) is 0 Å². The van der Waals surface area contributed by atoms with Gasteiger partial charge in [0.2, 0.25) is 0 Å². The van der Waals surface area contributed by atoms with Gasteiger partial charge < -0.3 is 19.6 Å². The molecule has 0 saturated carbocycles. The normalized spacial score (nSPS) is 16.0. The molecule has 3 aromatic rings. The van der Waals surface area contributed by atoms with Crippen molar-refractivity contribution in [1.82, 2.24) is 19.8 Å². The molecule has 1 aliphatic heterocycles. The average Bonchev–Trinajstić information content (AvgIpc) is 3.23. The standard InChI is InChI=1S/C23H29ClN4O4S/c1-31-8-5-28(13-18(29)12-27-6-9-32-10-7-27)14-20-25-22(30)21-19(15-33-23(21)26-20)16-3-2-4-17(24)11-16/h2-4,11,15,18,29H,5-10,12-14H2,1H3,(H,25,26,30). The molecule has 1 aromatic carbocycles. The van der Waals surface area contributed by atoms with Gasteiger partial charge in [-0.25, -0.2) is 4.98 Å². The molecule has 10 heteroatoms. The van der Waals surface area contributed by atoms with Crippen LogP contribution in [0.1, 0.15) is 5.82 Å². The number of β-amino-alcohol motifs (C(OH)–C–C–N with tert-alkyl or cyclic N) is 1. The van der Waals surface area contributed by atoms with Crippen LogP contribution in [0.2, 0.25) is 5.02 Å². The molecule has 1 unspecified atom stereocenters. The molecule has 0 spiro atoms. The number of morpholine rings is 1. The second-order valence-corrected chi connectivity index (χ2v) is 9.44. The van der Waals surface area contributed by atoms with Crippen LogP contribution >= 0.6 is 22.9 Å². The number of thiophene rings is 1. The fourth-order valence-corrected chi connectivity index (χ4v) is 5.20. The first-order chi connectivity index (χ1) is 16.0. The number of fused-ring (bicyclic) bond motifs is 1. The summed E-state index contributed by atoms with van der Waals surface area (Å²) in [5.41, 5.74) is 1.54. The van der Waals surface area contributed by atoms with E-state index in [-0.39, 0.29) is 5.56 Å². The maximum atomic E-state index is 13.0. The van der Waals surface area contributed by atoms with Crippen molar-refractivity contribution >= 4 is 33.2 Å². The highest BCUT2D eigenvalue weighted by atomic mass is 35.5. The Labute approximate surface area is 201 Å². The van der Waals surface area contributed by atoms with E-state index in [1.165, 1.54) is 11.3 Å². The maximum absolute atomic E-state index is 13.0. The molecular weight excluding hydrogens is 464 g/mol. The Kier molecular flexibility index (Phi) is 8.48. The van der Waals surface area contributed by atoms with Crippen molar-refractivity contribution < 1.29 is 14.6 Å². The minimum Gasteiger partial charge on any atom is -0.390 e. The first-order valence-electron chi connectivity index (χ1n) is 11.0. The maximum Gasteiger partial charge on any atom is 0.260 e. The quantitative estimate of drug-likeness (QED) is 0.449. The molecule has 4 rings (SSSR count). The summed E-state index contributed by atoms with van der Waals surface area (Å²) in [5.74, 6) is 0.571. The molecule has 33 heavy (non-hydrogen) atoms. The molecule has 2 N–H and O–H groups in total. The highest BCUT2D eigenvalue weighted by Crippen LogP contribution is 2.32. The van der Waals surface area contributed by atoms with Crippen molar-refractivity contribution in [3.63, 3.8) is 0 Å². The van der Waals surface area contributed by atoms with Gasteiger partial charge in [-0.1, -0.05) is 23.7 Å². The lowest BCUT2D eigenvalue weighted by atomic mass is 10.1. The fourth-order valence-electron chi connectivity index (χ4n) is 4.04. The van der Waals surface area contributed by atoms with Gasteiger partial charge in [0.25, 0.3) is 5.56 Å². The number of nitrogens with one attached hydrogen (secondary N) is 1. The van der Waals surface area contributed by atoms with Crippen LogP contribution in [0.3, 0.4) is 0 Å². The number of halogens is 1. The summed E-state index contributed by atoms with van der Waals surface area (Å²) in [7, 11) is 1.65. The zero-order valence-electron chi connectivity index (χ0n) is 18.6. The number of nitrogens with zero attached hydrogens (tertiary/aromatic N) is 3. The number of benzene rings is 1. The number of aromatic nitrogens is 2. The average molecular weight is 493 g/mol. The number of rotatable bonds is 10. The van der Waals surface area contributed by atoms with Crippen LogP contribution in [0.4, 0.5) is 0 Å². The Bertz CT molecular complexity index is 1120. The third kappa shape index (κ3) is 6.39. The van der Waals surface area contributed by atoms with Crippen LogP contribution in [0.5, 0.6) is 0 Å². The van der Waals surface area contributed by atoms with E-state index in [9.17, 15) is 9.90 Å². The summed E-state index contributed by atoms with van der Waals surface area (Å²) < 4.78 is 10.6. The van der Waals surface area contributed by atoms with Crippen molar-refractivity contribution in [3.05, 3.63) is 50.8 Å². The van der Waals surface area contributed by atoms with Gasteiger partial charge in [0.1, 0.15) is 10.7 Å². The third-order valence-electron chi connectivity index (χ3n) is 5.66. The number of methoxy groups -OCH3 is 1. The summed E-state index contributed by atoms with van der Waals surface area (Å²) in [6.07, 6.45) is -0.522. The second-order valence-electron chi connectivity index (χ2n) is 8.15. The Balaban J connectivity index is 1.50. The van der Waals surface area contributed by atoms with E-state index < -0.39 is 6.10 Å². The van der Waals surface area contributed by atoms with Crippen LogP contribution in [-0.2, 0) is 16.0 Å². The molecule has 8 nitrogen and oxygen atoms in total. The van der Waals surface area contributed by atoms with Crippen LogP contribution in [0.25, 0.3) is 21.3 Å². The predicted octanol–water partition coefficient (Wildman–Crippen LogP) is 2.45. The summed E-state index contributed by atoms with van der Waals surface area (Å²) in [6.45, 7) is 5.66. The Morgan fingerprint density at radius 2 is 2.21 bits per heavy atom. The highest BCUT2D eigenvalue weighted by molar-refractivity contribution is 7.17. The molecule has 1 saturated heterocycles. The zero-order chi connectivity index (χ0) is 23.2. The molecule has 1 fully saturated rings. The molecule has 3 heterocycles. The lowest BCUT2D eigenvalue weighted by Gasteiger charge is -2.31. The van der Waals surface area contributed by atoms with Gasteiger partial charge in [0.05, 0.1) is 37.9 Å². The molecule has 178 valence electrons. The number of aliphatic hydroxyl groups excluding tert-OH is 1. The zero-order valence-corrected chi connectivity index (χ0v) is 20.2. The predicted molar refractivity (Wildman–Crippen MR) is 131 cm³/mol. The topological polar surface area (TPSA) is 90.9 Å². The van der Waals surface area contributed by atoms with E-state index in [0.29, 0.717) is 67.1 Å². The summed E-state index contributed by atoms with van der Waals surface area (Å²) in [4.78, 5) is 25.6. The Hall–Kier alpha value is -1.85. The van der Waals surface area contributed by atoms with E-state index >= 15 is 0 Å². The lowest BCUT2D eigenvalue weighted by molar-refractivity contribution is 0.00416. The highest BCUT2D eigenvalue weighted by Gasteiger charge is 2.19. The van der Waals surface area contributed by atoms with Crippen molar-refractivity contribution in [2.45, 2.75) is 12.6 Å². The van der Waals surface area contributed by atoms with Crippen LogP contribution in [-0.4, -0.2) is 90.6 Å². The van der Waals surface area contributed by atoms with Gasteiger partial charge in [0, 0.05) is 55.8 Å². The summed E-state index contributed by atoms with van der Waals surface area (Å²) in [6, 6.07) is 7.46. The number of aromatic amines is 1. The molecule has 0 aliphatic carbocycles. The first-order valence-corrected chi connectivity index (χ1v) is 12.2. The monoisotopic (exact) mass is 492 g/mol. The summed E-state index contributed by atoms with van der Waals surface area (Å²) >= 11 is 7.58.